The molecule has 0 aliphatic carbocycles. The van der Waals surface area contributed by atoms with E-state index in [4.69, 9.17) is 0 Å². The van der Waals surface area contributed by atoms with Crippen molar-refractivity contribution in [2.75, 3.05) is 7.11 Å². The van der Waals surface area contributed by atoms with E-state index in [-0.39, 0.29) is 5.57 Å². The van der Waals surface area contributed by atoms with Gasteiger partial charge in [0.1, 0.15) is 0 Å². The lowest BCUT2D eigenvalue weighted by Crippen LogP contribution is -2.04. The third-order valence-electron chi connectivity index (χ3n) is 2.43. The summed E-state index contributed by atoms with van der Waals surface area (Å²) < 4.78 is 4.55. The van der Waals surface area contributed by atoms with Crippen LogP contribution in [-0.4, -0.2) is 19.3 Å². The number of hydrogen-bond donors (Lipinski definition) is 0. The molecule has 0 amide bonds. The van der Waals surface area contributed by atoms with Gasteiger partial charge in [0, 0.05) is 6.21 Å². The summed E-state index contributed by atoms with van der Waals surface area (Å²) in [5, 5.41) is 0. The summed E-state index contributed by atoms with van der Waals surface area (Å²) in [5.41, 5.74) is 3.21. The zero-order valence-electron chi connectivity index (χ0n) is 10.9. The van der Waals surface area contributed by atoms with Crippen LogP contribution < -0.4 is 0 Å². The summed E-state index contributed by atoms with van der Waals surface area (Å²) in [7, 11) is 1.32. The predicted molar refractivity (Wildman–Crippen MR) is 74.5 cm³/mol. The van der Waals surface area contributed by atoms with Gasteiger partial charge in [0.05, 0.1) is 18.4 Å². The molecule has 94 valence electrons. The first kappa shape index (κ1) is 13.9. The molecule has 1 aromatic rings. The van der Waals surface area contributed by atoms with Gasteiger partial charge in [-0.25, -0.2) is 4.79 Å². The van der Waals surface area contributed by atoms with Gasteiger partial charge < -0.3 is 4.74 Å². The van der Waals surface area contributed by atoms with Crippen molar-refractivity contribution in [2.24, 2.45) is 4.99 Å². The van der Waals surface area contributed by atoms with Crippen LogP contribution in [0.4, 0.5) is 0 Å². The summed E-state index contributed by atoms with van der Waals surface area (Å²) >= 11 is 0. The van der Waals surface area contributed by atoms with Crippen LogP contribution in [0.25, 0.3) is 5.70 Å². The van der Waals surface area contributed by atoms with Gasteiger partial charge in [-0.05, 0) is 19.4 Å². The Balaban J connectivity index is 2.87. The lowest BCUT2D eigenvalue weighted by atomic mass is 10.1. The molecule has 0 spiro atoms. The average molecular weight is 243 g/mol. The van der Waals surface area contributed by atoms with Crippen LogP contribution in [0.1, 0.15) is 18.1 Å². The molecular formula is C15H17NO2. The minimum atomic E-state index is -0.474. The second kappa shape index (κ2) is 6.55. The van der Waals surface area contributed by atoms with E-state index in [1.54, 1.807) is 0 Å². The minimum Gasteiger partial charge on any atom is -0.465 e. The Bertz CT molecular complexity index is 496. The summed E-state index contributed by atoms with van der Waals surface area (Å²) in [6, 6.07) is 8.01. The largest absolute Gasteiger partial charge is 0.465 e. The molecule has 0 aliphatic rings. The molecule has 0 atom stereocenters. The Morgan fingerprint density at radius 3 is 2.44 bits per heavy atom. The molecule has 0 aliphatic heterocycles. The maximum Gasteiger partial charge on any atom is 0.338 e. The molecule has 3 nitrogen and oxygen atoms in total. The Morgan fingerprint density at radius 1 is 1.33 bits per heavy atom. The van der Waals surface area contributed by atoms with E-state index in [9.17, 15) is 4.79 Å². The first-order valence-electron chi connectivity index (χ1n) is 5.63. The molecule has 0 saturated carbocycles. The molecule has 18 heavy (non-hydrogen) atoms. The molecule has 3 heteroatoms. The van der Waals surface area contributed by atoms with E-state index in [0.29, 0.717) is 0 Å². The highest BCUT2D eigenvalue weighted by Gasteiger charge is 2.03. The molecule has 0 N–H and O–H groups in total. The van der Waals surface area contributed by atoms with Crippen LogP contribution in [0.5, 0.6) is 0 Å². The van der Waals surface area contributed by atoms with Gasteiger partial charge in [0.2, 0.25) is 0 Å². The number of allylic oxidation sites excluding steroid dienone is 1. The van der Waals surface area contributed by atoms with E-state index in [1.165, 1.54) is 18.9 Å². The zero-order valence-corrected chi connectivity index (χ0v) is 10.9. The van der Waals surface area contributed by atoms with Gasteiger partial charge in [-0.3, -0.25) is 4.99 Å². The topological polar surface area (TPSA) is 38.7 Å². The molecule has 1 rings (SSSR count). The number of carbonyl (C=O) groups is 1. The molecule has 1 aromatic carbocycles. The molecule has 0 bridgehead atoms. The summed E-state index contributed by atoms with van der Waals surface area (Å²) in [6.07, 6.45) is 3.30. The maximum absolute atomic E-state index is 11.2. The van der Waals surface area contributed by atoms with Crippen LogP contribution >= 0.6 is 0 Å². The van der Waals surface area contributed by atoms with Crippen molar-refractivity contribution in [3.8, 4) is 0 Å². The lowest BCUT2D eigenvalue weighted by Gasteiger charge is -2.02. The number of ether oxygens (including phenoxy) is 1. The molecule has 0 unspecified atom stereocenters. The van der Waals surface area contributed by atoms with E-state index < -0.39 is 5.97 Å². The summed E-state index contributed by atoms with van der Waals surface area (Å²) in [6.45, 7) is 7.51. The minimum absolute atomic E-state index is 0.226. The van der Waals surface area contributed by atoms with Crippen LogP contribution in [0.15, 0.2) is 47.5 Å². The van der Waals surface area contributed by atoms with Gasteiger partial charge in [-0.15, -0.1) is 0 Å². The molecule has 0 saturated heterocycles. The molecular weight excluding hydrogens is 226 g/mol. The number of esters is 1. The van der Waals surface area contributed by atoms with Crippen molar-refractivity contribution in [2.45, 2.75) is 13.8 Å². The summed E-state index contributed by atoms with van der Waals surface area (Å²) in [4.78, 5) is 15.4. The van der Waals surface area contributed by atoms with Crippen LogP contribution in [0.2, 0.25) is 0 Å². The summed E-state index contributed by atoms with van der Waals surface area (Å²) in [5.74, 6) is -0.474. The van der Waals surface area contributed by atoms with E-state index >= 15 is 0 Å². The first-order chi connectivity index (χ1) is 8.58. The average Bonchev–Trinajstić information content (AvgIpc) is 2.40. The second-order valence-electron chi connectivity index (χ2n) is 3.81. The maximum atomic E-state index is 11.2. The van der Waals surface area contributed by atoms with Gasteiger partial charge >= 0.3 is 5.97 Å². The Labute approximate surface area is 108 Å². The van der Waals surface area contributed by atoms with Crippen molar-refractivity contribution in [1.82, 2.24) is 0 Å². The number of rotatable bonds is 4. The van der Waals surface area contributed by atoms with Crippen LogP contribution in [0.3, 0.4) is 0 Å². The van der Waals surface area contributed by atoms with Crippen molar-refractivity contribution >= 4 is 17.9 Å². The molecule has 0 fully saturated rings. The molecule has 0 aromatic heterocycles. The number of aliphatic imine (C=N–C) groups is 1. The number of benzene rings is 1. The monoisotopic (exact) mass is 243 g/mol. The molecule has 0 heterocycles. The van der Waals surface area contributed by atoms with Crippen LogP contribution in [-0.2, 0) is 9.53 Å². The van der Waals surface area contributed by atoms with Crippen molar-refractivity contribution in [3.05, 3.63) is 53.6 Å². The fourth-order valence-electron chi connectivity index (χ4n) is 1.37. The third kappa shape index (κ3) is 3.70. The van der Waals surface area contributed by atoms with Crippen LogP contribution in [0, 0.1) is 6.92 Å². The lowest BCUT2D eigenvalue weighted by molar-refractivity contribution is -0.135. The molecule has 0 radical (unpaired) electrons. The first-order valence-corrected chi connectivity index (χ1v) is 5.63. The van der Waals surface area contributed by atoms with Crippen molar-refractivity contribution in [1.29, 1.82) is 0 Å². The standard InChI is InChI=1S/C15H17NO2/c1-5-14(13-8-6-11(2)7-9-13)16-10-12(3)15(17)18-4/h5-10H,3H2,1-2,4H3/b14-5-,16-10?. The van der Waals surface area contributed by atoms with E-state index in [2.05, 4.69) is 16.3 Å². The fraction of sp³-hybridized carbons (Fsp3) is 0.200. The number of aryl methyl sites for hydroxylation is 1. The highest BCUT2D eigenvalue weighted by atomic mass is 16.5. The van der Waals surface area contributed by atoms with Gasteiger partial charge in [0.15, 0.2) is 0 Å². The number of carbonyl (C=O) groups excluding carboxylic acids is 1. The third-order valence-corrected chi connectivity index (χ3v) is 2.43. The van der Waals surface area contributed by atoms with Crippen molar-refractivity contribution < 1.29 is 9.53 Å². The van der Waals surface area contributed by atoms with Crippen molar-refractivity contribution in [3.63, 3.8) is 0 Å². The second-order valence-corrected chi connectivity index (χ2v) is 3.81. The van der Waals surface area contributed by atoms with E-state index in [1.807, 2.05) is 44.2 Å². The van der Waals surface area contributed by atoms with Gasteiger partial charge in [-0.1, -0.05) is 42.5 Å². The Morgan fingerprint density at radius 2 is 1.94 bits per heavy atom. The Hall–Kier alpha value is -2.16. The van der Waals surface area contributed by atoms with Gasteiger partial charge in [0.25, 0.3) is 0 Å². The zero-order chi connectivity index (χ0) is 13.5. The number of nitrogens with zero attached hydrogens (tertiary/aromatic N) is 1. The number of hydrogen-bond acceptors (Lipinski definition) is 3. The van der Waals surface area contributed by atoms with E-state index in [0.717, 1.165) is 11.3 Å². The fourth-order valence-corrected chi connectivity index (χ4v) is 1.37. The highest BCUT2D eigenvalue weighted by Crippen LogP contribution is 2.16. The highest BCUT2D eigenvalue weighted by molar-refractivity contribution is 6.09. The predicted octanol–water partition coefficient (Wildman–Crippen LogP) is 3.16. The quantitative estimate of drug-likeness (QED) is 0.463. The normalized spacial score (nSPS) is 11.6. The number of methoxy groups -OCH3 is 1. The smallest absolute Gasteiger partial charge is 0.338 e. The Kier molecular flexibility index (Phi) is 5.06. The SMILES string of the molecule is C=C(C=N/C(=C\C)c1ccc(C)cc1)C(=O)OC. The van der Waals surface area contributed by atoms with Gasteiger partial charge in [-0.2, -0.15) is 0 Å².